The first-order valence-corrected chi connectivity index (χ1v) is 9.05. The molecule has 2 fully saturated rings. The molecule has 2 aromatic rings. The van der Waals surface area contributed by atoms with Gasteiger partial charge in [-0.1, -0.05) is 12.1 Å². The molecule has 7 heteroatoms. The minimum atomic E-state index is -0.274. The van der Waals surface area contributed by atoms with Gasteiger partial charge >= 0.3 is 6.03 Å². The van der Waals surface area contributed by atoms with Crippen molar-refractivity contribution in [2.24, 2.45) is 0 Å². The molecule has 1 saturated carbocycles. The normalized spacial score (nSPS) is 17.3. The van der Waals surface area contributed by atoms with E-state index in [0.717, 1.165) is 30.2 Å². The fourth-order valence-electron chi connectivity index (χ4n) is 3.13. The lowest BCUT2D eigenvalue weighted by Gasteiger charge is -2.35. The predicted molar refractivity (Wildman–Crippen MR) is 96.4 cm³/mol. The number of benzene rings is 1. The second-order valence-corrected chi connectivity index (χ2v) is 6.85. The number of aromatic nitrogens is 2. The van der Waals surface area contributed by atoms with Crippen LogP contribution in [-0.2, 0) is 6.54 Å². The highest BCUT2D eigenvalue weighted by atomic mass is 19.1. The summed E-state index contributed by atoms with van der Waals surface area (Å²) in [5.41, 5.74) is 1.97. The molecule has 2 aliphatic rings. The lowest BCUT2D eigenvalue weighted by atomic mass is 10.2. The molecule has 1 aliphatic carbocycles. The Morgan fingerprint density at radius 2 is 1.77 bits per heavy atom. The van der Waals surface area contributed by atoms with Crippen molar-refractivity contribution in [3.8, 4) is 0 Å². The van der Waals surface area contributed by atoms with E-state index < -0.39 is 0 Å². The predicted octanol–water partition coefficient (Wildman–Crippen LogP) is 2.52. The highest BCUT2D eigenvalue weighted by Crippen LogP contribution is 2.38. The molecule has 1 saturated heterocycles. The van der Waals surface area contributed by atoms with Gasteiger partial charge in [0.2, 0.25) is 0 Å². The number of halogens is 1. The smallest absolute Gasteiger partial charge is 0.317 e. The van der Waals surface area contributed by atoms with Gasteiger partial charge in [-0.05, 0) is 42.7 Å². The van der Waals surface area contributed by atoms with E-state index in [0.29, 0.717) is 25.6 Å². The molecule has 1 aromatic heterocycles. The Morgan fingerprint density at radius 3 is 2.38 bits per heavy atom. The third-order valence-electron chi connectivity index (χ3n) is 4.91. The van der Waals surface area contributed by atoms with Crippen molar-refractivity contribution < 1.29 is 9.18 Å². The van der Waals surface area contributed by atoms with E-state index in [1.165, 1.54) is 25.0 Å². The van der Waals surface area contributed by atoms with Crippen LogP contribution < -0.4 is 10.2 Å². The van der Waals surface area contributed by atoms with Crippen LogP contribution in [0, 0.1) is 5.82 Å². The summed E-state index contributed by atoms with van der Waals surface area (Å²) in [6, 6.07) is 10.2. The van der Waals surface area contributed by atoms with Crippen LogP contribution in [0.25, 0.3) is 0 Å². The van der Waals surface area contributed by atoms with Crippen LogP contribution in [0.15, 0.2) is 36.4 Å². The monoisotopic (exact) mass is 355 g/mol. The average molecular weight is 355 g/mol. The molecule has 1 aromatic carbocycles. The van der Waals surface area contributed by atoms with Crippen LogP contribution >= 0.6 is 0 Å². The summed E-state index contributed by atoms with van der Waals surface area (Å²) < 4.78 is 12.9. The standard InChI is InChI=1S/C19H22FN5O/c20-16-5-1-14(2-6-16)13-21-19(26)25-11-9-24(10-12-25)18-8-7-17(22-23-18)15-3-4-15/h1-2,5-8,15H,3-4,9-13H2,(H,21,26). The second-order valence-electron chi connectivity index (χ2n) is 6.85. The van der Waals surface area contributed by atoms with Crippen molar-refractivity contribution >= 4 is 11.8 Å². The van der Waals surface area contributed by atoms with Crippen LogP contribution in [0.5, 0.6) is 0 Å². The highest BCUT2D eigenvalue weighted by molar-refractivity contribution is 5.74. The lowest BCUT2D eigenvalue weighted by Crippen LogP contribution is -2.52. The Labute approximate surface area is 152 Å². The number of carbonyl (C=O) groups is 1. The number of anilines is 1. The quantitative estimate of drug-likeness (QED) is 0.916. The number of nitrogens with one attached hydrogen (secondary N) is 1. The van der Waals surface area contributed by atoms with Crippen molar-refractivity contribution in [2.75, 3.05) is 31.1 Å². The van der Waals surface area contributed by atoms with Gasteiger partial charge in [0, 0.05) is 38.6 Å². The van der Waals surface area contributed by atoms with Gasteiger partial charge in [0.15, 0.2) is 5.82 Å². The number of hydrogen-bond acceptors (Lipinski definition) is 4. The number of hydrogen-bond donors (Lipinski definition) is 1. The topological polar surface area (TPSA) is 61.4 Å². The maximum Gasteiger partial charge on any atom is 0.317 e. The first-order chi connectivity index (χ1) is 12.7. The maximum absolute atomic E-state index is 12.9. The zero-order valence-electron chi connectivity index (χ0n) is 14.6. The fraction of sp³-hybridized carbons (Fsp3) is 0.421. The summed E-state index contributed by atoms with van der Waals surface area (Å²) in [4.78, 5) is 16.3. The molecule has 1 aliphatic heterocycles. The minimum Gasteiger partial charge on any atom is -0.352 e. The molecule has 0 bridgehead atoms. The first-order valence-electron chi connectivity index (χ1n) is 9.05. The van der Waals surface area contributed by atoms with Crippen molar-refractivity contribution in [2.45, 2.75) is 25.3 Å². The van der Waals surface area contributed by atoms with E-state index in [4.69, 9.17) is 0 Å². The SMILES string of the molecule is O=C(NCc1ccc(F)cc1)N1CCN(c2ccc(C3CC3)nn2)CC1. The molecule has 2 amide bonds. The molecule has 2 heterocycles. The Morgan fingerprint density at radius 1 is 1.04 bits per heavy atom. The number of amides is 2. The minimum absolute atomic E-state index is 0.0934. The van der Waals surface area contributed by atoms with E-state index >= 15 is 0 Å². The Kier molecular flexibility index (Phi) is 4.69. The van der Waals surface area contributed by atoms with Gasteiger partial charge in [0.1, 0.15) is 5.82 Å². The molecule has 1 N–H and O–H groups in total. The van der Waals surface area contributed by atoms with Crippen molar-refractivity contribution in [1.82, 2.24) is 20.4 Å². The second kappa shape index (κ2) is 7.27. The molecule has 136 valence electrons. The van der Waals surface area contributed by atoms with E-state index in [1.54, 1.807) is 17.0 Å². The van der Waals surface area contributed by atoms with Gasteiger partial charge in [-0.3, -0.25) is 0 Å². The van der Waals surface area contributed by atoms with Gasteiger partial charge in [-0.25, -0.2) is 9.18 Å². The van der Waals surface area contributed by atoms with E-state index in [1.807, 2.05) is 6.07 Å². The zero-order valence-corrected chi connectivity index (χ0v) is 14.6. The third-order valence-corrected chi connectivity index (χ3v) is 4.91. The third kappa shape index (κ3) is 3.92. The van der Waals surface area contributed by atoms with Gasteiger partial charge in [-0.15, -0.1) is 5.10 Å². The number of carbonyl (C=O) groups excluding carboxylic acids is 1. The molecule has 4 rings (SSSR count). The molecular weight excluding hydrogens is 333 g/mol. The molecule has 6 nitrogen and oxygen atoms in total. The number of urea groups is 1. The van der Waals surface area contributed by atoms with Crippen LogP contribution in [0.2, 0.25) is 0 Å². The zero-order chi connectivity index (χ0) is 17.9. The van der Waals surface area contributed by atoms with Crippen molar-refractivity contribution in [1.29, 1.82) is 0 Å². The number of piperazine rings is 1. The summed E-state index contributed by atoms with van der Waals surface area (Å²) in [5.74, 6) is 1.21. The summed E-state index contributed by atoms with van der Waals surface area (Å²) >= 11 is 0. The molecule has 0 atom stereocenters. The largest absolute Gasteiger partial charge is 0.352 e. The summed E-state index contributed by atoms with van der Waals surface area (Å²) in [6.45, 7) is 3.15. The summed E-state index contributed by atoms with van der Waals surface area (Å²) in [5, 5.41) is 11.6. The van der Waals surface area contributed by atoms with Gasteiger partial charge in [0.25, 0.3) is 0 Å². The van der Waals surface area contributed by atoms with Crippen molar-refractivity contribution in [3.05, 3.63) is 53.5 Å². The molecule has 26 heavy (non-hydrogen) atoms. The molecular formula is C19H22FN5O. The highest BCUT2D eigenvalue weighted by Gasteiger charge is 2.26. The Hall–Kier alpha value is -2.70. The van der Waals surface area contributed by atoms with Gasteiger partial charge in [0.05, 0.1) is 5.69 Å². The molecule has 0 spiro atoms. The number of rotatable bonds is 4. The van der Waals surface area contributed by atoms with Gasteiger partial charge in [-0.2, -0.15) is 5.10 Å². The van der Waals surface area contributed by atoms with Crippen molar-refractivity contribution in [3.63, 3.8) is 0 Å². The Balaban J connectivity index is 1.25. The summed E-state index contributed by atoms with van der Waals surface area (Å²) in [6.07, 6.45) is 2.44. The van der Waals surface area contributed by atoms with E-state index in [9.17, 15) is 9.18 Å². The van der Waals surface area contributed by atoms with Crippen LogP contribution in [0.1, 0.15) is 30.0 Å². The van der Waals surface area contributed by atoms with Crippen LogP contribution in [0.4, 0.5) is 15.0 Å². The van der Waals surface area contributed by atoms with Crippen LogP contribution in [0.3, 0.4) is 0 Å². The lowest BCUT2D eigenvalue weighted by molar-refractivity contribution is 0.194. The van der Waals surface area contributed by atoms with Crippen LogP contribution in [-0.4, -0.2) is 47.3 Å². The first kappa shape index (κ1) is 16.8. The molecule has 0 unspecified atom stereocenters. The Bertz CT molecular complexity index is 753. The fourth-order valence-corrected chi connectivity index (χ4v) is 3.13. The van der Waals surface area contributed by atoms with Gasteiger partial charge < -0.3 is 15.1 Å². The average Bonchev–Trinajstić information content (AvgIpc) is 3.53. The maximum atomic E-state index is 12.9. The molecule has 0 radical (unpaired) electrons. The van der Waals surface area contributed by atoms with E-state index in [2.05, 4.69) is 26.5 Å². The van der Waals surface area contributed by atoms with E-state index in [-0.39, 0.29) is 11.8 Å². The number of nitrogens with zero attached hydrogens (tertiary/aromatic N) is 4. The summed E-state index contributed by atoms with van der Waals surface area (Å²) in [7, 11) is 0.